The van der Waals surface area contributed by atoms with Crippen molar-refractivity contribution < 1.29 is 18.3 Å². The molecule has 0 amide bonds. The molecule has 2 heterocycles. The first-order chi connectivity index (χ1) is 8.50. The Bertz CT molecular complexity index is 531. The molecule has 1 aromatic rings. The molecular weight excluding hydrogens is 258 g/mol. The van der Waals surface area contributed by atoms with Gasteiger partial charge in [0.25, 0.3) is 0 Å². The molecule has 0 radical (unpaired) electrons. The molecule has 1 aliphatic heterocycles. The van der Waals surface area contributed by atoms with E-state index in [1.807, 2.05) is 0 Å². The second kappa shape index (κ2) is 4.91. The summed E-state index contributed by atoms with van der Waals surface area (Å²) in [4.78, 5) is 14.8. The van der Waals surface area contributed by atoms with Crippen LogP contribution in [0.4, 0.5) is 5.69 Å². The number of nitrogens with one attached hydrogen (secondary N) is 1. The number of hydrogen-bond donors (Lipinski definition) is 2. The molecule has 0 spiro atoms. The summed E-state index contributed by atoms with van der Waals surface area (Å²) in [6, 6.07) is 2.16. The third kappa shape index (κ3) is 2.59. The van der Waals surface area contributed by atoms with Crippen LogP contribution in [0.5, 0.6) is 0 Å². The Labute approximate surface area is 105 Å². The summed E-state index contributed by atoms with van der Waals surface area (Å²) in [6.45, 7) is 0.215. The first kappa shape index (κ1) is 12.8. The van der Waals surface area contributed by atoms with E-state index in [0.717, 1.165) is 4.31 Å². The van der Waals surface area contributed by atoms with Gasteiger partial charge in [0.2, 0.25) is 0 Å². The third-order valence-electron chi connectivity index (χ3n) is 2.71. The van der Waals surface area contributed by atoms with Crippen molar-refractivity contribution in [2.75, 3.05) is 11.3 Å². The van der Waals surface area contributed by atoms with Gasteiger partial charge >= 0.3 is 16.2 Å². The van der Waals surface area contributed by atoms with Crippen LogP contribution in [0.3, 0.4) is 0 Å². The lowest BCUT2D eigenvalue weighted by molar-refractivity contribution is -0.140. The molecule has 1 aliphatic rings. The third-order valence-corrected chi connectivity index (χ3v) is 4.25. The monoisotopic (exact) mass is 271 g/mol. The maximum absolute atomic E-state index is 12.0. The van der Waals surface area contributed by atoms with E-state index in [1.165, 1.54) is 12.4 Å². The molecule has 98 valence electrons. The number of anilines is 1. The van der Waals surface area contributed by atoms with E-state index in [-0.39, 0.29) is 6.54 Å². The van der Waals surface area contributed by atoms with Gasteiger partial charge in [0, 0.05) is 12.7 Å². The molecule has 0 saturated carbocycles. The molecule has 0 aliphatic carbocycles. The van der Waals surface area contributed by atoms with Gasteiger partial charge in [0.05, 0.1) is 11.9 Å². The normalized spacial score (nSPS) is 20.8. The van der Waals surface area contributed by atoms with Gasteiger partial charge in [0.15, 0.2) is 0 Å². The number of aliphatic carboxylic acids is 1. The average molecular weight is 271 g/mol. The second-order valence-electron chi connectivity index (χ2n) is 3.96. The van der Waals surface area contributed by atoms with Crippen LogP contribution in [0.15, 0.2) is 24.5 Å². The second-order valence-corrected chi connectivity index (χ2v) is 5.58. The smallest absolute Gasteiger partial charge is 0.322 e. The lowest BCUT2D eigenvalue weighted by atomic mass is 10.2. The number of hydrogen-bond acceptors (Lipinski definition) is 4. The molecule has 8 heteroatoms. The van der Waals surface area contributed by atoms with E-state index < -0.39 is 22.2 Å². The lowest BCUT2D eigenvalue weighted by Crippen LogP contribution is -2.43. The number of carbonyl (C=O) groups is 1. The number of carboxylic acid groups (broad SMARTS) is 1. The Hall–Kier alpha value is -1.67. The minimum absolute atomic E-state index is 0.215. The van der Waals surface area contributed by atoms with Crippen LogP contribution in [0.2, 0.25) is 0 Å². The average Bonchev–Trinajstić information content (AvgIpc) is 2.79. The van der Waals surface area contributed by atoms with Crippen molar-refractivity contribution in [3.8, 4) is 0 Å². The fraction of sp³-hybridized carbons (Fsp3) is 0.400. The quantitative estimate of drug-likeness (QED) is 0.819. The summed E-state index contributed by atoms with van der Waals surface area (Å²) in [5.41, 5.74) is 0.313. The van der Waals surface area contributed by atoms with Crippen molar-refractivity contribution in [3.05, 3.63) is 24.5 Å². The predicted octanol–water partition coefficient (Wildman–Crippen LogP) is 0.287. The highest BCUT2D eigenvalue weighted by Gasteiger charge is 2.38. The number of pyridine rings is 1. The van der Waals surface area contributed by atoms with Crippen LogP contribution in [0, 0.1) is 0 Å². The molecule has 1 aromatic heterocycles. The Kier molecular flexibility index (Phi) is 3.48. The van der Waals surface area contributed by atoms with Gasteiger partial charge in [-0.2, -0.15) is 12.7 Å². The Morgan fingerprint density at radius 1 is 1.56 bits per heavy atom. The topological polar surface area (TPSA) is 99.6 Å². The zero-order valence-corrected chi connectivity index (χ0v) is 10.3. The molecule has 1 fully saturated rings. The van der Waals surface area contributed by atoms with Gasteiger partial charge in [-0.05, 0) is 25.0 Å². The van der Waals surface area contributed by atoms with Gasteiger partial charge in [-0.25, -0.2) is 0 Å². The number of aromatic nitrogens is 1. The number of carboxylic acids is 1. The van der Waals surface area contributed by atoms with Crippen molar-refractivity contribution in [1.29, 1.82) is 0 Å². The van der Waals surface area contributed by atoms with E-state index in [4.69, 9.17) is 5.11 Å². The lowest BCUT2D eigenvalue weighted by Gasteiger charge is -2.21. The van der Waals surface area contributed by atoms with Crippen LogP contribution < -0.4 is 4.72 Å². The van der Waals surface area contributed by atoms with E-state index in [0.29, 0.717) is 18.5 Å². The minimum atomic E-state index is -3.84. The highest BCUT2D eigenvalue weighted by atomic mass is 32.2. The van der Waals surface area contributed by atoms with E-state index >= 15 is 0 Å². The first-order valence-corrected chi connectivity index (χ1v) is 6.87. The zero-order chi connectivity index (χ0) is 13.2. The standard InChI is InChI=1S/C10H13N3O4S/c14-10(15)9-4-2-6-13(9)18(16,17)12-8-3-1-5-11-7-8/h1,3,5,7,9,12H,2,4,6H2,(H,14,15). The number of rotatable bonds is 4. The van der Waals surface area contributed by atoms with E-state index in [2.05, 4.69) is 9.71 Å². The van der Waals surface area contributed by atoms with Crippen LogP contribution in [0.1, 0.15) is 12.8 Å². The SMILES string of the molecule is O=C(O)C1CCCN1S(=O)(=O)Nc1cccnc1. The van der Waals surface area contributed by atoms with Crippen molar-refractivity contribution in [2.24, 2.45) is 0 Å². The summed E-state index contributed by atoms with van der Waals surface area (Å²) < 4.78 is 27.4. The molecule has 2 rings (SSSR count). The van der Waals surface area contributed by atoms with Crippen molar-refractivity contribution in [2.45, 2.75) is 18.9 Å². The zero-order valence-electron chi connectivity index (χ0n) is 9.48. The Morgan fingerprint density at radius 2 is 2.33 bits per heavy atom. The maximum atomic E-state index is 12.0. The van der Waals surface area contributed by atoms with Crippen LogP contribution >= 0.6 is 0 Å². The van der Waals surface area contributed by atoms with Crippen molar-refractivity contribution >= 4 is 21.9 Å². The van der Waals surface area contributed by atoms with Crippen molar-refractivity contribution in [1.82, 2.24) is 9.29 Å². The fourth-order valence-electron chi connectivity index (χ4n) is 1.91. The van der Waals surface area contributed by atoms with Gasteiger partial charge in [0.1, 0.15) is 6.04 Å². The molecule has 0 bridgehead atoms. The van der Waals surface area contributed by atoms with E-state index in [1.54, 1.807) is 12.1 Å². The summed E-state index contributed by atoms with van der Waals surface area (Å²) in [6.07, 6.45) is 3.77. The largest absolute Gasteiger partial charge is 0.480 e. The van der Waals surface area contributed by atoms with Gasteiger partial charge in [-0.15, -0.1) is 0 Å². The summed E-state index contributed by atoms with van der Waals surface area (Å²) in [7, 11) is -3.84. The minimum Gasteiger partial charge on any atom is -0.480 e. The molecule has 1 unspecified atom stereocenters. The van der Waals surface area contributed by atoms with Gasteiger partial charge in [-0.3, -0.25) is 14.5 Å². The Balaban J connectivity index is 2.19. The molecule has 7 nitrogen and oxygen atoms in total. The predicted molar refractivity (Wildman–Crippen MR) is 64.1 cm³/mol. The molecule has 18 heavy (non-hydrogen) atoms. The molecule has 1 atom stereocenters. The van der Waals surface area contributed by atoms with Crippen LogP contribution in [0.25, 0.3) is 0 Å². The van der Waals surface area contributed by atoms with Gasteiger partial charge in [-0.1, -0.05) is 0 Å². The molecule has 1 saturated heterocycles. The van der Waals surface area contributed by atoms with Gasteiger partial charge < -0.3 is 5.11 Å². The molecular formula is C10H13N3O4S. The molecule has 2 N–H and O–H groups in total. The summed E-state index contributed by atoms with van der Waals surface area (Å²) >= 11 is 0. The molecule has 0 aromatic carbocycles. The van der Waals surface area contributed by atoms with E-state index in [9.17, 15) is 13.2 Å². The first-order valence-electron chi connectivity index (χ1n) is 5.43. The fourth-order valence-corrected chi connectivity index (χ4v) is 3.34. The van der Waals surface area contributed by atoms with Crippen molar-refractivity contribution in [3.63, 3.8) is 0 Å². The maximum Gasteiger partial charge on any atom is 0.322 e. The number of nitrogens with zero attached hydrogens (tertiary/aromatic N) is 2. The van der Waals surface area contributed by atoms with Crippen LogP contribution in [-0.4, -0.2) is 41.4 Å². The highest BCUT2D eigenvalue weighted by Crippen LogP contribution is 2.22. The summed E-state index contributed by atoms with van der Waals surface area (Å²) in [5, 5.41) is 8.97. The highest BCUT2D eigenvalue weighted by molar-refractivity contribution is 7.90. The summed E-state index contributed by atoms with van der Waals surface area (Å²) in [5.74, 6) is -1.12. The van der Waals surface area contributed by atoms with Crippen LogP contribution in [-0.2, 0) is 15.0 Å². The Morgan fingerprint density at radius 3 is 2.94 bits per heavy atom.